The van der Waals surface area contributed by atoms with Gasteiger partial charge in [-0.25, -0.2) is 8.42 Å². The van der Waals surface area contributed by atoms with Crippen LogP contribution in [0.4, 0.5) is 0 Å². The Morgan fingerprint density at radius 2 is 1.90 bits per heavy atom. The molecule has 21 heavy (non-hydrogen) atoms. The van der Waals surface area contributed by atoms with Crippen molar-refractivity contribution in [3.8, 4) is 0 Å². The van der Waals surface area contributed by atoms with E-state index in [9.17, 15) is 8.42 Å². The maximum atomic E-state index is 11.4. The van der Waals surface area contributed by atoms with E-state index in [2.05, 4.69) is 24.3 Å². The van der Waals surface area contributed by atoms with E-state index >= 15 is 0 Å². The van der Waals surface area contributed by atoms with Gasteiger partial charge in [-0.2, -0.15) is 5.10 Å². The molecule has 0 aliphatic heterocycles. The van der Waals surface area contributed by atoms with E-state index in [0.717, 1.165) is 12.1 Å². The third kappa shape index (κ3) is 4.41. The SMILES string of the molecule is CC(Cn1cccn1)NC(C)c1ccc(S(C)(=O)=O)cc1. The van der Waals surface area contributed by atoms with Gasteiger partial charge in [0.15, 0.2) is 9.84 Å². The smallest absolute Gasteiger partial charge is 0.175 e. The normalized spacial score (nSPS) is 14.8. The predicted octanol–water partition coefficient (Wildman–Crippen LogP) is 2.03. The molecule has 1 aromatic heterocycles. The minimum atomic E-state index is -3.13. The Balaban J connectivity index is 1.98. The molecule has 114 valence electrons. The second-order valence-corrected chi connectivity index (χ2v) is 7.37. The summed E-state index contributed by atoms with van der Waals surface area (Å²) in [6.07, 6.45) is 4.92. The van der Waals surface area contributed by atoms with E-state index in [0.29, 0.717) is 4.90 Å². The van der Waals surface area contributed by atoms with E-state index in [4.69, 9.17) is 0 Å². The van der Waals surface area contributed by atoms with Crippen molar-refractivity contribution in [3.63, 3.8) is 0 Å². The van der Waals surface area contributed by atoms with Gasteiger partial charge in [-0.05, 0) is 37.6 Å². The first-order valence-electron chi connectivity index (χ1n) is 6.90. The summed E-state index contributed by atoms with van der Waals surface area (Å²) in [5.41, 5.74) is 1.06. The molecular formula is C15H21N3O2S. The summed E-state index contributed by atoms with van der Waals surface area (Å²) in [6, 6.07) is 9.32. The first-order chi connectivity index (χ1) is 9.86. The second kappa shape index (κ2) is 6.41. The Labute approximate surface area is 125 Å². The average molecular weight is 307 g/mol. The van der Waals surface area contributed by atoms with Crippen LogP contribution in [0, 0.1) is 0 Å². The first kappa shape index (κ1) is 15.7. The molecule has 0 saturated carbocycles. The Kier molecular flexibility index (Phi) is 4.80. The van der Waals surface area contributed by atoms with E-state index in [1.54, 1.807) is 18.3 Å². The number of hydrogen-bond acceptors (Lipinski definition) is 4. The van der Waals surface area contributed by atoms with Crippen LogP contribution in [0.3, 0.4) is 0 Å². The van der Waals surface area contributed by atoms with Crippen LogP contribution in [0.15, 0.2) is 47.6 Å². The highest BCUT2D eigenvalue weighted by molar-refractivity contribution is 7.90. The third-order valence-corrected chi connectivity index (χ3v) is 4.49. The summed E-state index contributed by atoms with van der Waals surface area (Å²) in [5, 5.41) is 7.67. The van der Waals surface area contributed by atoms with Gasteiger partial charge in [-0.1, -0.05) is 12.1 Å². The van der Waals surface area contributed by atoms with Gasteiger partial charge in [0.25, 0.3) is 0 Å². The van der Waals surface area contributed by atoms with Crippen molar-refractivity contribution in [2.45, 2.75) is 37.4 Å². The molecule has 0 aliphatic rings. The summed E-state index contributed by atoms with van der Waals surface area (Å²) in [6.45, 7) is 4.96. The molecular weight excluding hydrogens is 286 g/mol. The highest BCUT2D eigenvalue weighted by atomic mass is 32.2. The summed E-state index contributed by atoms with van der Waals surface area (Å²) < 4.78 is 24.8. The molecule has 1 heterocycles. The fourth-order valence-corrected chi connectivity index (χ4v) is 2.90. The molecule has 1 N–H and O–H groups in total. The van der Waals surface area contributed by atoms with Crippen molar-refractivity contribution in [2.75, 3.05) is 6.26 Å². The summed E-state index contributed by atoms with van der Waals surface area (Å²) >= 11 is 0. The molecule has 2 aromatic rings. The molecule has 0 spiro atoms. The Morgan fingerprint density at radius 3 is 2.43 bits per heavy atom. The monoisotopic (exact) mass is 307 g/mol. The quantitative estimate of drug-likeness (QED) is 0.887. The topological polar surface area (TPSA) is 64.0 Å². The molecule has 0 amide bonds. The number of sulfone groups is 1. The largest absolute Gasteiger partial charge is 0.306 e. The number of rotatable bonds is 6. The Morgan fingerprint density at radius 1 is 1.24 bits per heavy atom. The molecule has 0 bridgehead atoms. The number of hydrogen-bond donors (Lipinski definition) is 1. The molecule has 0 fully saturated rings. The minimum Gasteiger partial charge on any atom is -0.306 e. The average Bonchev–Trinajstić information content (AvgIpc) is 2.90. The molecule has 1 aromatic carbocycles. The molecule has 0 aliphatic carbocycles. The van der Waals surface area contributed by atoms with Crippen molar-refractivity contribution in [1.82, 2.24) is 15.1 Å². The van der Waals surface area contributed by atoms with Crippen LogP contribution in [0.25, 0.3) is 0 Å². The third-order valence-electron chi connectivity index (χ3n) is 3.36. The number of nitrogens with zero attached hydrogens (tertiary/aromatic N) is 2. The van der Waals surface area contributed by atoms with Gasteiger partial charge >= 0.3 is 0 Å². The lowest BCUT2D eigenvalue weighted by Crippen LogP contribution is -2.32. The van der Waals surface area contributed by atoms with Crippen molar-refractivity contribution in [2.24, 2.45) is 0 Å². The standard InChI is InChI=1S/C15H21N3O2S/c1-12(11-18-10-4-9-16-18)17-13(2)14-5-7-15(8-6-14)21(3,19)20/h4-10,12-13,17H,11H2,1-3H3. The summed E-state index contributed by atoms with van der Waals surface area (Å²) in [4.78, 5) is 0.350. The molecule has 5 nitrogen and oxygen atoms in total. The lowest BCUT2D eigenvalue weighted by atomic mass is 10.1. The fourth-order valence-electron chi connectivity index (χ4n) is 2.27. The van der Waals surface area contributed by atoms with Gasteiger partial charge in [0.1, 0.15) is 0 Å². The lowest BCUT2D eigenvalue weighted by Gasteiger charge is -2.20. The molecule has 2 atom stereocenters. The minimum absolute atomic E-state index is 0.143. The maximum Gasteiger partial charge on any atom is 0.175 e. The summed E-state index contributed by atoms with van der Waals surface area (Å²) in [5.74, 6) is 0. The zero-order valence-corrected chi connectivity index (χ0v) is 13.3. The molecule has 6 heteroatoms. The van der Waals surface area contributed by atoms with Crippen LogP contribution < -0.4 is 5.32 Å². The van der Waals surface area contributed by atoms with Crippen molar-refractivity contribution >= 4 is 9.84 Å². The van der Waals surface area contributed by atoms with Crippen LogP contribution >= 0.6 is 0 Å². The molecule has 0 radical (unpaired) electrons. The van der Waals surface area contributed by atoms with Crippen LogP contribution in [-0.2, 0) is 16.4 Å². The van der Waals surface area contributed by atoms with Crippen LogP contribution in [0.2, 0.25) is 0 Å². The van der Waals surface area contributed by atoms with Gasteiger partial charge in [-0.3, -0.25) is 4.68 Å². The van der Waals surface area contributed by atoms with E-state index < -0.39 is 9.84 Å². The zero-order chi connectivity index (χ0) is 15.5. The summed E-state index contributed by atoms with van der Waals surface area (Å²) in [7, 11) is -3.13. The van der Waals surface area contributed by atoms with Crippen LogP contribution in [0.1, 0.15) is 25.5 Å². The second-order valence-electron chi connectivity index (χ2n) is 5.36. The lowest BCUT2D eigenvalue weighted by molar-refractivity contribution is 0.413. The van der Waals surface area contributed by atoms with Gasteiger partial charge in [0.05, 0.1) is 11.4 Å². The maximum absolute atomic E-state index is 11.4. The Bertz CT molecular complexity index is 663. The van der Waals surface area contributed by atoms with E-state index in [-0.39, 0.29) is 12.1 Å². The first-order valence-corrected chi connectivity index (χ1v) is 8.79. The molecule has 2 unspecified atom stereocenters. The molecule has 0 saturated heterocycles. The highest BCUT2D eigenvalue weighted by Crippen LogP contribution is 2.16. The highest BCUT2D eigenvalue weighted by Gasteiger charge is 2.12. The van der Waals surface area contributed by atoms with Crippen molar-refractivity contribution in [1.29, 1.82) is 0 Å². The van der Waals surface area contributed by atoms with Crippen LogP contribution in [-0.4, -0.2) is 30.5 Å². The van der Waals surface area contributed by atoms with Gasteiger partial charge in [-0.15, -0.1) is 0 Å². The zero-order valence-electron chi connectivity index (χ0n) is 12.5. The van der Waals surface area contributed by atoms with Gasteiger partial charge < -0.3 is 5.32 Å². The van der Waals surface area contributed by atoms with Crippen LogP contribution in [0.5, 0.6) is 0 Å². The van der Waals surface area contributed by atoms with E-state index in [1.807, 2.05) is 29.1 Å². The predicted molar refractivity (Wildman–Crippen MR) is 82.8 cm³/mol. The van der Waals surface area contributed by atoms with E-state index in [1.165, 1.54) is 6.26 Å². The number of benzene rings is 1. The number of aromatic nitrogens is 2. The van der Waals surface area contributed by atoms with Crippen molar-refractivity contribution in [3.05, 3.63) is 48.3 Å². The fraction of sp³-hybridized carbons (Fsp3) is 0.400. The Hall–Kier alpha value is -1.66. The molecule has 2 rings (SSSR count). The van der Waals surface area contributed by atoms with Gasteiger partial charge in [0.2, 0.25) is 0 Å². The van der Waals surface area contributed by atoms with Gasteiger partial charge in [0, 0.05) is 30.7 Å². The number of nitrogens with one attached hydrogen (secondary N) is 1. The van der Waals surface area contributed by atoms with Crippen molar-refractivity contribution < 1.29 is 8.42 Å².